The number of carbonyl (C=O) groups is 1. The predicted molar refractivity (Wildman–Crippen MR) is 150 cm³/mol. The summed E-state index contributed by atoms with van der Waals surface area (Å²) in [4.78, 5) is 21.9. The number of aromatic nitrogens is 1. The second-order valence-electron chi connectivity index (χ2n) is 10.8. The Kier molecular flexibility index (Phi) is 8.77. The first-order valence-corrected chi connectivity index (χ1v) is 14.0. The van der Waals surface area contributed by atoms with Gasteiger partial charge in [-0.3, -0.25) is 9.69 Å². The van der Waals surface area contributed by atoms with Crippen molar-refractivity contribution in [1.82, 2.24) is 14.8 Å². The molecule has 0 bridgehead atoms. The number of halogens is 1. The number of rotatable bonds is 4. The molecule has 2 aliphatic heterocycles. The number of hydrogen-bond donors (Lipinski definition) is 0. The van der Waals surface area contributed by atoms with Crippen LogP contribution in [0.3, 0.4) is 0 Å². The number of aryl methyl sites for hydroxylation is 1. The number of piperidine rings is 1. The van der Waals surface area contributed by atoms with E-state index in [0.717, 1.165) is 50.8 Å². The predicted octanol–water partition coefficient (Wildman–Crippen LogP) is 5.76. The van der Waals surface area contributed by atoms with Crippen LogP contribution in [0.25, 0.3) is 0 Å². The van der Waals surface area contributed by atoms with Crippen molar-refractivity contribution < 1.29 is 18.7 Å². The molecule has 0 unspecified atom stereocenters. The van der Waals surface area contributed by atoms with Gasteiger partial charge in [-0.15, -0.1) is 0 Å². The third-order valence-electron chi connectivity index (χ3n) is 8.21. The normalized spacial score (nSPS) is 18.4. The van der Waals surface area contributed by atoms with Gasteiger partial charge in [-0.25, -0.2) is 9.37 Å². The quantitative estimate of drug-likeness (QED) is 0.429. The number of ether oxygens (including phenoxy) is 2. The molecule has 1 fully saturated rings. The molecule has 2 aliphatic rings. The molecular weight excluding hydrogens is 493 g/mol. The Balaban J connectivity index is 1.33. The van der Waals surface area contributed by atoms with Gasteiger partial charge in [0.1, 0.15) is 23.9 Å². The lowest BCUT2D eigenvalue weighted by molar-refractivity contribution is 0.0355. The molecule has 3 aromatic rings. The maximum Gasteiger partial charge on any atom is 0.272 e. The first-order chi connectivity index (χ1) is 19.0. The van der Waals surface area contributed by atoms with Crippen LogP contribution in [0.5, 0.6) is 11.6 Å². The van der Waals surface area contributed by atoms with Crippen LogP contribution in [0.1, 0.15) is 53.7 Å². The lowest BCUT2D eigenvalue weighted by atomic mass is 9.73. The van der Waals surface area contributed by atoms with E-state index >= 15 is 0 Å². The van der Waals surface area contributed by atoms with Crippen molar-refractivity contribution in [3.63, 3.8) is 0 Å². The topological polar surface area (TPSA) is 54.9 Å². The molecule has 1 spiro atoms. The van der Waals surface area contributed by atoms with E-state index < -0.39 is 0 Å². The van der Waals surface area contributed by atoms with Gasteiger partial charge in [0.05, 0.1) is 7.11 Å². The molecule has 0 aliphatic carbocycles. The second-order valence-corrected chi connectivity index (χ2v) is 10.8. The molecule has 1 amide bonds. The maximum atomic E-state index is 14.7. The zero-order valence-corrected chi connectivity index (χ0v) is 22.8. The highest BCUT2D eigenvalue weighted by atomic mass is 19.1. The first-order valence-electron chi connectivity index (χ1n) is 14.0. The van der Waals surface area contributed by atoms with Crippen LogP contribution in [0.4, 0.5) is 4.39 Å². The SMILES string of the molecule is COc1cccc(C(=O)N2CCC3(CCCCc4ccccc4OCCN(Cc4ccccc4F)C3)CC2)n1. The highest BCUT2D eigenvalue weighted by Crippen LogP contribution is 2.39. The fraction of sp³-hybridized carbons (Fsp3) is 0.438. The van der Waals surface area contributed by atoms with Crippen LogP contribution >= 0.6 is 0 Å². The van der Waals surface area contributed by atoms with E-state index in [0.29, 0.717) is 49.9 Å². The Morgan fingerprint density at radius 1 is 0.974 bits per heavy atom. The van der Waals surface area contributed by atoms with Crippen LogP contribution in [-0.4, -0.2) is 60.6 Å². The molecular formula is C32H38FN3O3. The Morgan fingerprint density at radius 2 is 1.77 bits per heavy atom. The van der Waals surface area contributed by atoms with E-state index in [1.807, 2.05) is 29.2 Å². The molecule has 6 nitrogen and oxygen atoms in total. The van der Waals surface area contributed by atoms with Gasteiger partial charge in [-0.2, -0.15) is 0 Å². The third kappa shape index (κ3) is 6.77. The molecule has 0 saturated carbocycles. The number of methoxy groups -OCH3 is 1. The minimum Gasteiger partial charge on any atom is -0.492 e. The van der Waals surface area contributed by atoms with Crippen LogP contribution in [0.15, 0.2) is 66.7 Å². The molecule has 1 saturated heterocycles. The molecule has 3 heterocycles. The van der Waals surface area contributed by atoms with Gasteiger partial charge < -0.3 is 14.4 Å². The van der Waals surface area contributed by atoms with Crippen molar-refractivity contribution in [3.8, 4) is 11.6 Å². The summed E-state index contributed by atoms with van der Waals surface area (Å²) in [5.74, 6) is 1.18. The van der Waals surface area contributed by atoms with Crippen molar-refractivity contribution in [2.24, 2.45) is 5.41 Å². The number of fused-ring (bicyclic) bond motifs is 1. The maximum absolute atomic E-state index is 14.7. The van der Waals surface area contributed by atoms with E-state index in [2.05, 4.69) is 22.0 Å². The first kappa shape index (κ1) is 27.1. The minimum absolute atomic E-state index is 0.0508. The molecule has 1 aromatic heterocycles. The Labute approximate surface area is 230 Å². The van der Waals surface area contributed by atoms with Crippen molar-refractivity contribution in [2.75, 3.05) is 39.9 Å². The van der Waals surface area contributed by atoms with Gasteiger partial charge in [-0.1, -0.05) is 48.9 Å². The molecule has 2 aromatic carbocycles. The smallest absolute Gasteiger partial charge is 0.272 e. The Bertz CT molecular complexity index is 1260. The fourth-order valence-corrected chi connectivity index (χ4v) is 5.99. The lowest BCUT2D eigenvalue weighted by Crippen LogP contribution is -2.48. The van der Waals surface area contributed by atoms with Crippen LogP contribution in [0, 0.1) is 11.2 Å². The number of carbonyl (C=O) groups excluding carboxylic acids is 1. The van der Waals surface area contributed by atoms with Gasteiger partial charge in [0.15, 0.2) is 0 Å². The molecule has 0 atom stereocenters. The third-order valence-corrected chi connectivity index (χ3v) is 8.21. The summed E-state index contributed by atoms with van der Waals surface area (Å²) in [5, 5.41) is 0. The molecule has 206 valence electrons. The second kappa shape index (κ2) is 12.6. The summed E-state index contributed by atoms with van der Waals surface area (Å²) < 4.78 is 26.1. The van der Waals surface area contributed by atoms with Crippen molar-refractivity contribution >= 4 is 5.91 Å². The molecule has 7 heteroatoms. The summed E-state index contributed by atoms with van der Waals surface area (Å²) in [6.45, 7) is 4.02. The molecule has 39 heavy (non-hydrogen) atoms. The van der Waals surface area contributed by atoms with E-state index in [4.69, 9.17) is 9.47 Å². The Hall–Kier alpha value is -3.45. The largest absolute Gasteiger partial charge is 0.492 e. The highest BCUT2D eigenvalue weighted by Gasteiger charge is 2.37. The van der Waals surface area contributed by atoms with Gasteiger partial charge in [-0.05, 0) is 61.3 Å². The minimum atomic E-state index is -0.171. The summed E-state index contributed by atoms with van der Waals surface area (Å²) in [7, 11) is 1.56. The van der Waals surface area contributed by atoms with Crippen LogP contribution < -0.4 is 9.47 Å². The molecule has 0 radical (unpaired) electrons. The van der Waals surface area contributed by atoms with E-state index in [1.54, 1.807) is 31.4 Å². The number of nitrogens with zero attached hydrogens (tertiary/aromatic N) is 3. The van der Waals surface area contributed by atoms with Crippen molar-refractivity contribution in [2.45, 2.75) is 45.1 Å². The average molecular weight is 532 g/mol. The lowest BCUT2D eigenvalue weighted by Gasteiger charge is -2.45. The fourth-order valence-electron chi connectivity index (χ4n) is 5.99. The molecule has 0 N–H and O–H groups in total. The zero-order valence-electron chi connectivity index (χ0n) is 22.8. The number of benzene rings is 2. The summed E-state index contributed by atoms with van der Waals surface area (Å²) in [6, 6.07) is 20.6. The van der Waals surface area contributed by atoms with Crippen LogP contribution in [0.2, 0.25) is 0 Å². The average Bonchev–Trinajstić information content (AvgIpc) is 2.96. The summed E-state index contributed by atoms with van der Waals surface area (Å²) in [5.41, 5.74) is 2.43. The summed E-state index contributed by atoms with van der Waals surface area (Å²) >= 11 is 0. The van der Waals surface area contributed by atoms with E-state index in [1.165, 1.54) is 11.6 Å². The number of pyridine rings is 1. The van der Waals surface area contributed by atoms with Crippen molar-refractivity contribution in [1.29, 1.82) is 0 Å². The summed E-state index contributed by atoms with van der Waals surface area (Å²) in [6.07, 6.45) is 6.10. The van der Waals surface area contributed by atoms with Gasteiger partial charge in [0.25, 0.3) is 5.91 Å². The number of hydrogen-bond acceptors (Lipinski definition) is 5. The number of amides is 1. The van der Waals surface area contributed by atoms with E-state index in [9.17, 15) is 9.18 Å². The van der Waals surface area contributed by atoms with Gasteiger partial charge in [0, 0.05) is 44.4 Å². The van der Waals surface area contributed by atoms with Crippen LogP contribution in [-0.2, 0) is 13.0 Å². The monoisotopic (exact) mass is 531 g/mol. The van der Waals surface area contributed by atoms with Gasteiger partial charge in [0.2, 0.25) is 5.88 Å². The van der Waals surface area contributed by atoms with E-state index in [-0.39, 0.29) is 17.1 Å². The number of likely N-dealkylation sites (tertiary alicyclic amines) is 1. The Morgan fingerprint density at radius 3 is 2.59 bits per heavy atom. The van der Waals surface area contributed by atoms with Crippen molar-refractivity contribution in [3.05, 3.63) is 89.4 Å². The molecule has 5 rings (SSSR count). The standard InChI is InChI=1S/C32H38FN3O3/c1-38-30-15-8-13-28(34-30)31(37)36-19-17-32(18-20-36)16-7-6-10-25-9-3-5-14-29(25)39-22-21-35(24-32)23-26-11-2-4-12-27(26)33/h2-5,8-9,11-15H,6-7,10,16-24H2,1H3. The van der Waals surface area contributed by atoms with Gasteiger partial charge >= 0.3 is 0 Å². The highest BCUT2D eigenvalue weighted by molar-refractivity contribution is 5.92. The zero-order chi connectivity index (χ0) is 27.1. The number of para-hydroxylation sites is 1.